The van der Waals surface area contributed by atoms with Crippen molar-refractivity contribution >= 4 is 11.9 Å². The molecule has 0 fully saturated rings. The molecule has 0 aliphatic carbocycles. The Labute approximate surface area is 443 Å². The molecule has 418 valence electrons. The Morgan fingerprint density at radius 2 is 0.704 bits per heavy atom. The third-order valence-corrected chi connectivity index (χ3v) is 14.7. The Morgan fingerprint density at radius 1 is 0.394 bits per heavy atom. The van der Waals surface area contributed by atoms with Gasteiger partial charge in [0.2, 0.25) is 5.91 Å². The van der Waals surface area contributed by atoms with Gasteiger partial charge in [-0.15, -0.1) is 0 Å². The lowest BCUT2D eigenvalue weighted by molar-refractivity contribution is -0.143. The smallest absolute Gasteiger partial charge is 0.305 e. The second-order valence-corrected chi connectivity index (χ2v) is 21.7. The summed E-state index contributed by atoms with van der Waals surface area (Å²) in [6.45, 7) is 4.90. The number of aliphatic hydroxyl groups is 2. The average Bonchev–Trinajstić information content (AvgIpc) is 3.37. The van der Waals surface area contributed by atoms with Gasteiger partial charge in [-0.2, -0.15) is 0 Å². The SMILES string of the molecule is CCCCCC/C=C\C/C=C\CCCCCCCC(=O)OCCCCCCCCCCCCCCCCCCCCCCCC(=O)NC(CO)C(O)/C=C/CCCCCCCCCCCCCCCCC. The first-order chi connectivity index (χ1) is 35.0. The molecule has 0 spiro atoms. The van der Waals surface area contributed by atoms with Crippen molar-refractivity contribution in [1.82, 2.24) is 5.32 Å². The molecule has 1 amide bonds. The van der Waals surface area contributed by atoms with Gasteiger partial charge in [0, 0.05) is 12.8 Å². The summed E-state index contributed by atoms with van der Waals surface area (Å²) in [5.74, 6) is -0.0692. The molecule has 0 aromatic heterocycles. The summed E-state index contributed by atoms with van der Waals surface area (Å²) in [7, 11) is 0. The van der Waals surface area contributed by atoms with Crippen molar-refractivity contribution in [1.29, 1.82) is 0 Å². The van der Waals surface area contributed by atoms with E-state index in [9.17, 15) is 19.8 Å². The Morgan fingerprint density at radius 3 is 1.08 bits per heavy atom. The zero-order chi connectivity index (χ0) is 51.4. The van der Waals surface area contributed by atoms with Crippen LogP contribution in [0.25, 0.3) is 0 Å². The Hall–Kier alpha value is -1.92. The number of hydrogen-bond acceptors (Lipinski definition) is 5. The molecular weight excluding hydrogens is 875 g/mol. The number of allylic oxidation sites excluding steroid dienone is 5. The van der Waals surface area contributed by atoms with Crippen molar-refractivity contribution in [2.24, 2.45) is 0 Å². The minimum atomic E-state index is -0.846. The van der Waals surface area contributed by atoms with Crippen LogP contribution < -0.4 is 5.32 Å². The lowest BCUT2D eigenvalue weighted by Gasteiger charge is -2.20. The minimum Gasteiger partial charge on any atom is -0.466 e. The summed E-state index contributed by atoms with van der Waals surface area (Å²) in [6.07, 6.45) is 76.1. The van der Waals surface area contributed by atoms with Crippen LogP contribution in [0.5, 0.6) is 0 Å². The molecule has 0 aromatic rings. The number of carbonyl (C=O) groups excluding carboxylic acids is 2. The maximum atomic E-state index is 12.5. The van der Waals surface area contributed by atoms with E-state index in [0.29, 0.717) is 19.4 Å². The highest BCUT2D eigenvalue weighted by atomic mass is 16.5. The van der Waals surface area contributed by atoms with Crippen molar-refractivity contribution in [2.45, 2.75) is 353 Å². The zero-order valence-electron chi connectivity index (χ0n) is 47.7. The number of unbranched alkanes of at least 4 members (excludes halogenated alkanes) is 44. The zero-order valence-corrected chi connectivity index (χ0v) is 47.7. The summed E-state index contributed by atoms with van der Waals surface area (Å²) in [5, 5.41) is 23.2. The number of esters is 1. The molecule has 0 saturated carbocycles. The monoisotopic (exact) mass is 998 g/mol. The van der Waals surface area contributed by atoms with Gasteiger partial charge < -0.3 is 20.3 Å². The molecule has 0 saturated heterocycles. The second-order valence-electron chi connectivity index (χ2n) is 21.7. The molecule has 6 heteroatoms. The fourth-order valence-electron chi connectivity index (χ4n) is 9.78. The molecule has 0 aliphatic rings. The van der Waals surface area contributed by atoms with E-state index in [1.165, 1.54) is 263 Å². The molecule has 3 N–H and O–H groups in total. The van der Waals surface area contributed by atoms with Crippen LogP contribution in [0.2, 0.25) is 0 Å². The number of aliphatic hydroxyl groups excluding tert-OH is 2. The summed E-state index contributed by atoms with van der Waals surface area (Å²) in [4.78, 5) is 24.5. The molecular formula is C65H123NO5. The molecule has 0 aromatic carbocycles. The Bertz CT molecular complexity index is 1150. The minimum absolute atomic E-state index is 0.00191. The molecule has 2 atom stereocenters. The van der Waals surface area contributed by atoms with E-state index in [2.05, 4.69) is 43.5 Å². The highest BCUT2D eigenvalue weighted by molar-refractivity contribution is 5.76. The first kappa shape index (κ1) is 69.1. The summed E-state index contributed by atoms with van der Waals surface area (Å²) >= 11 is 0. The highest BCUT2D eigenvalue weighted by Crippen LogP contribution is 2.18. The largest absolute Gasteiger partial charge is 0.466 e. The average molecular weight is 999 g/mol. The normalized spacial score (nSPS) is 12.8. The fourth-order valence-corrected chi connectivity index (χ4v) is 9.78. The lowest BCUT2D eigenvalue weighted by Crippen LogP contribution is -2.45. The van der Waals surface area contributed by atoms with Crippen molar-refractivity contribution in [2.75, 3.05) is 13.2 Å². The third-order valence-electron chi connectivity index (χ3n) is 14.7. The molecule has 2 unspecified atom stereocenters. The van der Waals surface area contributed by atoms with E-state index in [1.54, 1.807) is 6.08 Å². The molecule has 0 radical (unpaired) electrons. The number of amides is 1. The predicted octanol–water partition coefficient (Wildman–Crippen LogP) is 20.0. The molecule has 71 heavy (non-hydrogen) atoms. The van der Waals surface area contributed by atoms with Gasteiger partial charge in [-0.1, -0.05) is 301 Å². The standard InChI is InChI=1S/C65H123NO5/c1-3-5-7-9-11-13-15-17-19-26-29-33-37-41-45-49-53-57-63(68)62(61-67)66-64(69)58-54-50-46-42-38-34-30-27-24-22-21-23-25-28-32-36-40-44-48-52-56-60-71-65(70)59-55-51-47-43-39-35-31-20-18-16-14-12-10-8-6-4-2/h14,16,20,31,53,57,62-63,67-68H,3-13,15,17-19,21-30,32-52,54-56,58-61H2,1-2H3,(H,66,69)/b16-14-,31-20-,57-53+. The molecule has 0 aliphatic heterocycles. The van der Waals surface area contributed by atoms with Gasteiger partial charge in [-0.05, 0) is 64.2 Å². The van der Waals surface area contributed by atoms with E-state index >= 15 is 0 Å². The van der Waals surface area contributed by atoms with Crippen LogP contribution in [0.1, 0.15) is 341 Å². The quantitative estimate of drug-likeness (QED) is 0.0321. The maximum Gasteiger partial charge on any atom is 0.305 e. The van der Waals surface area contributed by atoms with Crippen molar-refractivity contribution in [3.8, 4) is 0 Å². The Balaban J connectivity index is 3.42. The van der Waals surface area contributed by atoms with Gasteiger partial charge >= 0.3 is 5.97 Å². The van der Waals surface area contributed by atoms with Crippen LogP contribution in [0.15, 0.2) is 36.5 Å². The second kappa shape index (κ2) is 60.6. The number of hydrogen-bond donors (Lipinski definition) is 3. The van der Waals surface area contributed by atoms with Gasteiger partial charge in [0.25, 0.3) is 0 Å². The number of nitrogens with one attached hydrogen (secondary N) is 1. The van der Waals surface area contributed by atoms with E-state index in [0.717, 1.165) is 51.4 Å². The first-order valence-electron chi connectivity index (χ1n) is 31.8. The topological polar surface area (TPSA) is 95.9 Å². The summed E-state index contributed by atoms with van der Waals surface area (Å²) in [6, 6.07) is -0.629. The van der Waals surface area contributed by atoms with Crippen LogP contribution in [0.4, 0.5) is 0 Å². The van der Waals surface area contributed by atoms with Gasteiger partial charge in [0.1, 0.15) is 0 Å². The molecule has 0 bridgehead atoms. The predicted molar refractivity (Wildman–Crippen MR) is 310 cm³/mol. The van der Waals surface area contributed by atoms with Gasteiger partial charge in [-0.3, -0.25) is 9.59 Å². The number of carbonyl (C=O) groups is 2. The first-order valence-corrected chi connectivity index (χ1v) is 31.8. The van der Waals surface area contributed by atoms with E-state index < -0.39 is 12.1 Å². The van der Waals surface area contributed by atoms with Crippen molar-refractivity contribution in [3.05, 3.63) is 36.5 Å². The molecule has 6 nitrogen and oxygen atoms in total. The van der Waals surface area contributed by atoms with Crippen LogP contribution in [-0.2, 0) is 14.3 Å². The lowest BCUT2D eigenvalue weighted by atomic mass is 10.0. The van der Waals surface area contributed by atoms with Gasteiger partial charge in [0.15, 0.2) is 0 Å². The van der Waals surface area contributed by atoms with E-state index in [4.69, 9.17) is 4.74 Å². The van der Waals surface area contributed by atoms with Gasteiger partial charge in [-0.25, -0.2) is 0 Å². The van der Waals surface area contributed by atoms with Crippen LogP contribution in [0.3, 0.4) is 0 Å². The van der Waals surface area contributed by atoms with E-state index in [1.807, 2.05) is 6.08 Å². The maximum absolute atomic E-state index is 12.5. The number of rotatable bonds is 59. The van der Waals surface area contributed by atoms with Crippen LogP contribution in [0, 0.1) is 0 Å². The molecule has 0 rings (SSSR count). The van der Waals surface area contributed by atoms with Crippen LogP contribution in [-0.4, -0.2) is 47.4 Å². The van der Waals surface area contributed by atoms with E-state index in [-0.39, 0.29) is 18.5 Å². The fraction of sp³-hybridized carbons (Fsp3) is 0.877. The Kier molecular flexibility index (Phi) is 59.0. The highest BCUT2D eigenvalue weighted by Gasteiger charge is 2.18. The summed E-state index contributed by atoms with van der Waals surface area (Å²) in [5.41, 5.74) is 0. The van der Waals surface area contributed by atoms with Crippen molar-refractivity contribution < 1.29 is 24.5 Å². The van der Waals surface area contributed by atoms with Crippen molar-refractivity contribution in [3.63, 3.8) is 0 Å². The summed E-state index contributed by atoms with van der Waals surface area (Å²) < 4.78 is 5.48. The third kappa shape index (κ3) is 57.2. The van der Waals surface area contributed by atoms with Crippen LogP contribution >= 0.6 is 0 Å². The van der Waals surface area contributed by atoms with Gasteiger partial charge in [0.05, 0.1) is 25.4 Å². The number of ether oxygens (including phenoxy) is 1. The molecule has 0 heterocycles.